The van der Waals surface area contributed by atoms with Gasteiger partial charge in [0, 0.05) is 18.2 Å². The second-order valence-corrected chi connectivity index (χ2v) is 6.94. The van der Waals surface area contributed by atoms with E-state index in [9.17, 15) is 14.4 Å². The summed E-state index contributed by atoms with van der Waals surface area (Å²) in [5, 5.41) is 0. The molecule has 0 unspecified atom stereocenters. The van der Waals surface area contributed by atoms with E-state index in [1.54, 1.807) is 0 Å². The molecule has 0 radical (unpaired) electrons. The topological polar surface area (TPSA) is 118 Å². The quantitative estimate of drug-likeness (QED) is 0.570. The maximum atomic E-state index is 12.1. The first kappa shape index (κ1) is 19.5. The molecule has 0 spiro atoms. The molecule has 0 fully saturated rings. The van der Waals surface area contributed by atoms with Gasteiger partial charge in [0.05, 0.1) is 18.8 Å². The summed E-state index contributed by atoms with van der Waals surface area (Å²) < 4.78 is 32.4. The minimum atomic E-state index is -3.36. The Bertz CT molecular complexity index is 1010. The third-order valence-corrected chi connectivity index (χ3v) is 4.95. The molecule has 0 saturated carbocycles. The minimum absolute atomic E-state index is 0.143. The standard InChI is InChI=1S/3C6H6O3.Al/c3*1-4-6(8)5(7)2-3-9-4;/h3*2-3,8H,1H3;/q;;;+3/p-3. The van der Waals surface area contributed by atoms with Crippen LogP contribution in [0.5, 0.6) is 17.2 Å². The van der Waals surface area contributed by atoms with Gasteiger partial charge in [-0.15, -0.1) is 0 Å². The van der Waals surface area contributed by atoms with E-state index in [1.807, 2.05) is 0 Å². The molecule has 144 valence electrons. The molecule has 9 nitrogen and oxygen atoms in total. The SMILES string of the molecule is Cc1occc(=O)c1[O][Al]([O]c1c(C)occc1=O)[O]c1c(C)occc1=O. The number of aryl methyl sites for hydroxylation is 3. The van der Waals surface area contributed by atoms with Crippen LogP contribution < -0.4 is 27.7 Å². The highest BCUT2D eigenvalue weighted by atomic mass is 27.3. The second-order valence-electron chi connectivity index (χ2n) is 5.65. The van der Waals surface area contributed by atoms with Crippen LogP contribution in [0.4, 0.5) is 0 Å². The Kier molecular flexibility index (Phi) is 5.73. The van der Waals surface area contributed by atoms with Gasteiger partial charge in [0.2, 0.25) is 16.3 Å². The van der Waals surface area contributed by atoms with Crippen molar-refractivity contribution in [2.75, 3.05) is 0 Å². The molecule has 0 aromatic carbocycles. The summed E-state index contributed by atoms with van der Waals surface area (Å²) in [5.74, 6) is 0.128. The normalized spacial score (nSPS) is 10.4. The van der Waals surface area contributed by atoms with E-state index in [1.165, 1.54) is 39.6 Å². The van der Waals surface area contributed by atoms with Crippen molar-refractivity contribution in [1.29, 1.82) is 0 Å². The van der Waals surface area contributed by atoms with Crippen molar-refractivity contribution in [3.05, 3.63) is 84.9 Å². The van der Waals surface area contributed by atoms with Gasteiger partial charge in [-0.2, -0.15) is 0 Å². The average Bonchev–Trinajstić information content (AvgIpc) is 2.64. The van der Waals surface area contributed by atoms with Crippen LogP contribution in [0.2, 0.25) is 0 Å². The van der Waals surface area contributed by atoms with Gasteiger partial charge in [0.1, 0.15) is 17.3 Å². The Hall–Kier alpha value is -3.22. The molecule has 0 atom stereocenters. The lowest BCUT2D eigenvalue weighted by Crippen LogP contribution is -2.41. The van der Waals surface area contributed by atoms with Gasteiger partial charge in [-0.25, -0.2) is 0 Å². The number of hydrogen-bond acceptors (Lipinski definition) is 9. The Balaban J connectivity index is 2.02. The molecular formula is C18H15AlO9. The Morgan fingerprint density at radius 1 is 0.607 bits per heavy atom. The van der Waals surface area contributed by atoms with Crippen molar-refractivity contribution < 1.29 is 24.6 Å². The van der Waals surface area contributed by atoms with Crippen molar-refractivity contribution >= 4 is 15.1 Å². The summed E-state index contributed by atoms with van der Waals surface area (Å²) in [7, 11) is 0. The molecule has 10 heteroatoms. The highest BCUT2D eigenvalue weighted by Gasteiger charge is 2.47. The van der Waals surface area contributed by atoms with Crippen LogP contribution in [-0.4, -0.2) is 15.1 Å². The second kappa shape index (κ2) is 8.21. The summed E-state index contributed by atoms with van der Waals surface area (Å²) >= 11 is -3.36. The van der Waals surface area contributed by atoms with E-state index in [4.69, 9.17) is 24.6 Å². The van der Waals surface area contributed by atoms with Crippen LogP contribution in [0.1, 0.15) is 17.3 Å². The zero-order chi connectivity index (χ0) is 20.3. The van der Waals surface area contributed by atoms with Crippen LogP contribution in [0, 0.1) is 20.8 Å². The van der Waals surface area contributed by atoms with Crippen LogP contribution >= 0.6 is 0 Å². The minimum Gasteiger partial charge on any atom is -0.572 e. The van der Waals surface area contributed by atoms with Crippen LogP contribution in [0.3, 0.4) is 0 Å². The Morgan fingerprint density at radius 2 is 0.893 bits per heavy atom. The zero-order valence-corrected chi connectivity index (χ0v) is 16.4. The predicted molar refractivity (Wildman–Crippen MR) is 96.8 cm³/mol. The fraction of sp³-hybridized carbons (Fsp3) is 0.167. The maximum Gasteiger partial charge on any atom is 1.20 e. The fourth-order valence-electron chi connectivity index (χ4n) is 2.29. The highest BCUT2D eigenvalue weighted by molar-refractivity contribution is 6.39. The van der Waals surface area contributed by atoms with Crippen LogP contribution in [0.15, 0.2) is 64.6 Å². The molecule has 3 rings (SSSR count). The Morgan fingerprint density at radius 3 is 1.14 bits per heavy atom. The molecule has 0 N–H and O–H groups in total. The molecule has 3 heterocycles. The fourth-order valence-corrected chi connectivity index (χ4v) is 3.85. The lowest BCUT2D eigenvalue weighted by molar-refractivity contribution is 0.283. The smallest absolute Gasteiger partial charge is 0.572 e. The first-order valence-corrected chi connectivity index (χ1v) is 9.53. The molecular weight excluding hydrogens is 387 g/mol. The number of hydrogen-bond donors (Lipinski definition) is 0. The van der Waals surface area contributed by atoms with Gasteiger partial charge in [-0.3, -0.25) is 14.4 Å². The first-order valence-electron chi connectivity index (χ1n) is 8.12. The zero-order valence-electron chi connectivity index (χ0n) is 15.2. The third-order valence-electron chi connectivity index (χ3n) is 3.67. The van der Waals surface area contributed by atoms with Crippen LogP contribution in [0.25, 0.3) is 0 Å². The van der Waals surface area contributed by atoms with Crippen molar-refractivity contribution in [3.63, 3.8) is 0 Å². The molecule has 28 heavy (non-hydrogen) atoms. The van der Waals surface area contributed by atoms with E-state index in [0.717, 1.165) is 18.2 Å². The molecule has 3 aromatic rings. The van der Waals surface area contributed by atoms with Gasteiger partial charge in [-0.1, -0.05) is 0 Å². The molecule has 0 amide bonds. The maximum absolute atomic E-state index is 12.1. The highest BCUT2D eigenvalue weighted by Crippen LogP contribution is 2.19. The van der Waals surface area contributed by atoms with Gasteiger partial charge in [-0.05, 0) is 20.8 Å². The monoisotopic (exact) mass is 402 g/mol. The summed E-state index contributed by atoms with van der Waals surface area (Å²) in [6, 6.07) is 3.49. The molecule has 0 aliphatic carbocycles. The van der Waals surface area contributed by atoms with Gasteiger partial charge in [0.15, 0.2) is 17.2 Å². The average molecular weight is 402 g/mol. The Labute approximate surface area is 163 Å². The lowest BCUT2D eigenvalue weighted by Gasteiger charge is -2.16. The molecule has 0 saturated heterocycles. The molecule has 0 aliphatic rings. The molecule has 0 aliphatic heterocycles. The van der Waals surface area contributed by atoms with Gasteiger partial charge >= 0.3 is 15.1 Å². The van der Waals surface area contributed by atoms with Crippen molar-refractivity contribution in [2.24, 2.45) is 0 Å². The summed E-state index contributed by atoms with van der Waals surface area (Å²) in [6.45, 7) is 4.56. The molecule has 3 aromatic heterocycles. The largest absolute Gasteiger partial charge is 1.20 e. The van der Waals surface area contributed by atoms with Crippen molar-refractivity contribution in [1.82, 2.24) is 0 Å². The number of rotatable bonds is 6. The van der Waals surface area contributed by atoms with E-state index in [-0.39, 0.29) is 34.5 Å². The van der Waals surface area contributed by atoms with Crippen LogP contribution in [-0.2, 0) is 0 Å². The third kappa shape index (κ3) is 4.19. The van der Waals surface area contributed by atoms with Crippen molar-refractivity contribution in [3.8, 4) is 17.2 Å². The van der Waals surface area contributed by atoms with E-state index in [2.05, 4.69) is 0 Å². The van der Waals surface area contributed by atoms with Crippen molar-refractivity contribution in [2.45, 2.75) is 20.8 Å². The van der Waals surface area contributed by atoms with E-state index < -0.39 is 31.4 Å². The predicted octanol–water partition coefficient (Wildman–Crippen LogP) is 1.99. The summed E-state index contributed by atoms with van der Waals surface area (Å²) in [5.41, 5.74) is -1.41. The van der Waals surface area contributed by atoms with E-state index >= 15 is 0 Å². The van der Waals surface area contributed by atoms with Gasteiger partial charge in [0.25, 0.3) is 0 Å². The van der Waals surface area contributed by atoms with Gasteiger partial charge < -0.3 is 24.6 Å². The summed E-state index contributed by atoms with van der Waals surface area (Å²) in [4.78, 5) is 36.3. The molecule has 0 bridgehead atoms. The first-order chi connectivity index (χ1) is 13.4. The lowest BCUT2D eigenvalue weighted by atomic mass is 10.4. The van der Waals surface area contributed by atoms with E-state index in [0.29, 0.717) is 0 Å². The summed E-state index contributed by atoms with van der Waals surface area (Å²) in [6.07, 6.45) is 3.65.